The minimum atomic E-state index is -1.43. The van der Waals surface area contributed by atoms with Gasteiger partial charge in [0.1, 0.15) is 11.5 Å². The van der Waals surface area contributed by atoms with Crippen molar-refractivity contribution in [3.05, 3.63) is 41.7 Å². The first-order valence-electron chi connectivity index (χ1n) is 8.98. The fourth-order valence-electron chi connectivity index (χ4n) is 3.28. The maximum Gasteiger partial charge on any atom is 0.271 e. The Hall–Kier alpha value is -2.74. The number of aromatic nitrogens is 2. The van der Waals surface area contributed by atoms with E-state index >= 15 is 0 Å². The van der Waals surface area contributed by atoms with Gasteiger partial charge in [-0.05, 0) is 45.2 Å². The summed E-state index contributed by atoms with van der Waals surface area (Å²) in [6.07, 6.45) is 3.33. The number of nitrogens with one attached hydrogen (secondary N) is 2. The molecule has 144 valence electrons. The molecule has 6 N–H and O–H groups in total. The lowest BCUT2D eigenvalue weighted by Crippen LogP contribution is -2.55. The third-order valence-electron chi connectivity index (χ3n) is 4.96. The van der Waals surface area contributed by atoms with Crippen LogP contribution in [0.3, 0.4) is 0 Å². The van der Waals surface area contributed by atoms with E-state index in [1.54, 1.807) is 0 Å². The summed E-state index contributed by atoms with van der Waals surface area (Å²) in [6, 6.07) is 6.68. The minimum Gasteiger partial charge on any atom is -0.364 e. The van der Waals surface area contributed by atoms with Crippen molar-refractivity contribution in [2.75, 3.05) is 10.6 Å². The summed E-state index contributed by atoms with van der Waals surface area (Å²) in [4.78, 5) is 20.2. The number of carbonyl (C=O) groups excluding carboxylic acids is 1. The summed E-state index contributed by atoms with van der Waals surface area (Å²) < 4.78 is 14.5. The average molecular weight is 372 g/mol. The highest BCUT2D eigenvalue weighted by atomic mass is 19.1. The lowest BCUT2D eigenvalue weighted by atomic mass is 9.80. The summed E-state index contributed by atoms with van der Waals surface area (Å²) >= 11 is 0. The molecule has 1 saturated carbocycles. The molecule has 0 saturated heterocycles. The highest BCUT2D eigenvalue weighted by Crippen LogP contribution is 2.32. The molecular weight excluding hydrogens is 347 g/mol. The van der Waals surface area contributed by atoms with E-state index < -0.39 is 17.6 Å². The van der Waals surface area contributed by atoms with Crippen LogP contribution in [0.15, 0.2) is 30.5 Å². The van der Waals surface area contributed by atoms with Gasteiger partial charge >= 0.3 is 0 Å². The van der Waals surface area contributed by atoms with E-state index in [9.17, 15) is 9.18 Å². The summed E-state index contributed by atoms with van der Waals surface area (Å²) in [5.74, 6) is -0.0362. The Bertz CT molecular complexity index is 823. The molecule has 1 aliphatic rings. The number of nitrogens with zero attached hydrogens (tertiary/aromatic N) is 2. The molecule has 3 rings (SSSR count). The van der Waals surface area contributed by atoms with Crippen LogP contribution in [-0.4, -0.2) is 33.6 Å². The Labute approximate surface area is 157 Å². The monoisotopic (exact) mass is 372 g/mol. The molecule has 1 fully saturated rings. The number of rotatable bonds is 5. The normalized spacial score (nSPS) is 25.0. The van der Waals surface area contributed by atoms with Gasteiger partial charge in [0.25, 0.3) is 5.91 Å². The number of hydrogen-bond donors (Lipinski definition) is 4. The number of halogens is 1. The number of amides is 1. The van der Waals surface area contributed by atoms with Crippen LogP contribution in [-0.2, 0) is 0 Å². The van der Waals surface area contributed by atoms with Gasteiger partial charge in [-0.1, -0.05) is 17.7 Å². The van der Waals surface area contributed by atoms with Crippen molar-refractivity contribution in [2.24, 2.45) is 11.5 Å². The van der Waals surface area contributed by atoms with E-state index in [1.807, 2.05) is 31.2 Å². The third-order valence-corrected chi connectivity index (χ3v) is 4.96. The zero-order valence-corrected chi connectivity index (χ0v) is 15.5. The van der Waals surface area contributed by atoms with Crippen molar-refractivity contribution in [1.29, 1.82) is 0 Å². The predicted molar refractivity (Wildman–Crippen MR) is 104 cm³/mol. The van der Waals surface area contributed by atoms with Crippen molar-refractivity contribution in [1.82, 2.24) is 9.97 Å². The maximum absolute atomic E-state index is 14.5. The molecule has 1 aliphatic carbocycles. The number of nitrogens with two attached hydrogens (primary N) is 2. The fourth-order valence-corrected chi connectivity index (χ4v) is 3.28. The molecule has 1 amide bonds. The minimum absolute atomic E-state index is 0.0318. The molecule has 0 radical (unpaired) electrons. The Balaban J connectivity index is 1.84. The number of alkyl halides is 1. The molecule has 0 spiro atoms. The quantitative estimate of drug-likeness (QED) is 0.641. The molecule has 1 aromatic carbocycles. The summed E-state index contributed by atoms with van der Waals surface area (Å²) in [6.45, 7) is 3.51. The first-order chi connectivity index (χ1) is 12.8. The molecule has 1 heterocycles. The second-order valence-corrected chi connectivity index (χ2v) is 7.25. The van der Waals surface area contributed by atoms with Crippen LogP contribution in [0.25, 0.3) is 0 Å². The Morgan fingerprint density at radius 1 is 1.33 bits per heavy atom. The van der Waals surface area contributed by atoms with Crippen LogP contribution >= 0.6 is 0 Å². The Morgan fingerprint density at radius 3 is 2.70 bits per heavy atom. The van der Waals surface area contributed by atoms with E-state index in [0.717, 1.165) is 24.1 Å². The van der Waals surface area contributed by atoms with Gasteiger partial charge in [-0.3, -0.25) is 4.79 Å². The van der Waals surface area contributed by atoms with Crippen molar-refractivity contribution >= 4 is 23.2 Å². The molecule has 0 bridgehead atoms. The summed E-state index contributed by atoms with van der Waals surface area (Å²) in [7, 11) is 0. The average Bonchev–Trinajstić information content (AvgIpc) is 2.61. The van der Waals surface area contributed by atoms with Crippen LogP contribution in [0, 0.1) is 6.92 Å². The van der Waals surface area contributed by atoms with E-state index in [4.69, 9.17) is 11.5 Å². The highest BCUT2D eigenvalue weighted by Gasteiger charge is 2.40. The predicted octanol–water partition coefficient (Wildman–Crippen LogP) is 2.65. The SMILES string of the molecule is Cc1ccc(Nc2nc(N[C@@H]3CCCC(C)(F)[C@@H]3N)cnc2C(N)=O)cc1. The van der Waals surface area contributed by atoms with Crippen LogP contribution in [0.2, 0.25) is 0 Å². The van der Waals surface area contributed by atoms with Gasteiger partial charge in [-0.2, -0.15) is 0 Å². The van der Waals surface area contributed by atoms with Crippen molar-refractivity contribution in [2.45, 2.75) is 50.9 Å². The third kappa shape index (κ3) is 4.33. The van der Waals surface area contributed by atoms with E-state index in [-0.39, 0.29) is 17.6 Å². The number of hydrogen-bond acceptors (Lipinski definition) is 6. The van der Waals surface area contributed by atoms with E-state index in [2.05, 4.69) is 20.6 Å². The van der Waals surface area contributed by atoms with Crippen LogP contribution in [0.4, 0.5) is 21.7 Å². The van der Waals surface area contributed by atoms with Gasteiger partial charge < -0.3 is 22.1 Å². The van der Waals surface area contributed by atoms with Gasteiger partial charge in [0.05, 0.1) is 12.2 Å². The number of aryl methyl sites for hydroxylation is 1. The van der Waals surface area contributed by atoms with E-state index in [0.29, 0.717) is 12.2 Å². The van der Waals surface area contributed by atoms with Crippen molar-refractivity contribution < 1.29 is 9.18 Å². The molecule has 27 heavy (non-hydrogen) atoms. The summed E-state index contributed by atoms with van der Waals surface area (Å²) in [5.41, 5.74) is 12.0. The first-order valence-corrected chi connectivity index (χ1v) is 8.98. The maximum atomic E-state index is 14.5. The van der Waals surface area contributed by atoms with Crippen molar-refractivity contribution in [3.8, 4) is 0 Å². The van der Waals surface area contributed by atoms with Gasteiger partial charge in [0.2, 0.25) is 0 Å². The second kappa shape index (κ2) is 7.48. The Morgan fingerprint density at radius 2 is 2.04 bits per heavy atom. The second-order valence-electron chi connectivity index (χ2n) is 7.25. The number of anilines is 3. The zero-order chi connectivity index (χ0) is 19.6. The van der Waals surface area contributed by atoms with Crippen LogP contribution in [0.5, 0.6) is 0 Å². The first kappa shape index (κ1) is 19.0. The van der Waals surface area contributed by atoms with Crippen molar-refractivity contribution in [3.63, 3.8) is 0 Å². The van der Waals surface area contributed by atoms with Crippen LogP contribution < -0.4 is 22.1 Å². The number of primary amides is 1. The smallest absolute Gasteiger partial charge is 0.271 e. The lowest BCUT2D eigenvalue weighted by Gasteiger charge is -2.39. The highest BCUT2D eigenvalue weighted by molar-refractivity contribution is 5.96. The lowest BCUT2D eigenvalue weighted by molar-refractivity contribution is 0.0946. The van der Waals surface area contributed by atoms with Gasteiger partial charge in [0.15, 0.2) is 11.5 Å². The molecule has 7 nitrogen and oxygen atoms in total. The number of carbonyl (C=O) groups is 1. The molecule has 0 aliphatic heterocycles. The van der Waals surface area contributed by atoms with E-state index in [1.165, 1.54) is 13.1 Å². The summed E-state index contributed by atoms with van der Waals surface area (Å²) in [5, 5.41) is 6.22. The van der Waals surface area contributed by atoms with Gasteiger partial charge in [-0.25, -0.2) is 14.4 Å². The molecule has 2 aromatic rings. The molecule has 1 aromatic heterocycles. The fraction of sp³-hybridized carbons (Fsp3) is 0.421. The Kier molecular flexibility index (Phi) is 5.27. The van der Waals surface area contributed by atoms with Gasteiger partial charge in [0, 0.05) is 11.7 Å². The van der Waals surface area contributed by atoms with Gasteiger partial charge in [-0.15, -0.1) is 0 Å². The standard InChI is InChI=1S/C19H25FN6O/c1-11-5-7-12(8-6-11)24-18-15(17(22)27)23-10-14(26-18)25-13-4-3-9-19(2,20)16(13)21/h5-8,10,13,16H,3-4,9,21H2,1-2H3,(H2,22,27)(H2,24,25,26)/t13-,16-,19?/m1/s1. The number of benzene rings is 1. The zero-order valence-electron chi connectivity index (χ0n) is 15.5. The largest absolute Gasteiger partial charge is 0.364 e. The van der Waals surface area contributed by atoms with Crippen LogP contribution in [0.1, 0.15) is 42.2 Å². The molecule has 3 atom stereocenters. The molecular formula is C19H25FN6O. The molecule has 8 heteroatoms. The molecule has 1 unspecified atom stereocenters. The topological polar surface area (TPSA) is 119 Å².